The summed E-state index contributed by atoms with van der Waals surface area (Å²) in [6.07, 6.45) is 3.51. The SMILES string of the molecule is CSc1nc(SCc2cc(C)ccn2)nc(Cl)c1F. The quantitative estimate of drug-likeness (QED) is 0.484. The monoisotopic (exact) mass is 315 g/mol. The van der Waals surface area contributed by atoms with Crippen molar-refractivity contribution in [2.45, 2.75) is 22.9 Å². The van der Waals surface area contributed by atoms with Crippen LogP contribution in [0, 0.1) is 12.7 Å². The molecular weight excluding hydrogens is 305 g/mol. The van der Waals surface area contributed by atoms with E-state index in [9.17, 15) is 4.39 Å². The normalized spacial score (nSPS) is 10.7. The van der Waals surface area contributed by atoms with Crippen LogP contribution in [0.3, 0.4) is 0 Å². The van der Waals surface area contributed by atoms with Crippen molar-refractivity contribution < 1.29 is 4.39 Å². The van der Waals surface area contributed by atoms with Crippen molar-refractivity contribution in [3.63, 3.8) is 0 Å². The first kappa shape index (κ1) is 14.6. The number of hydrogen-bond acceptors (Lipinski definition) is 5. The standard InChI is InChI=1S/C12H11ClFN3S2/c1-7-3-4-15-8(5-7)6-19-12-16-10(13)9(14)11(17-12)18-2/h3-5H,6H2,1-2H3. The lowest BCUT2D eigenvalue weighted by molar-refractivity contribution is 0.568. The Balaban J connectivity index is 2.13. The molecule has 2 heterocycles. The smallest absolute Gasteiger partial charge is 0.192 e. The van der Waals surface area contributed by atoms with Gasteiger partial charge in [-0.3, -0.25) is 4.98 Å². The first-order valence-electron chi connectivity index (χ1n) is 5.41. The zero-order valence-corrected chi connectivity index (χ0v) is 12.7. The second-order valence-electron chi connectivity index (χ2n) is 3.73. The molecule has 2 rings (SSSR count). The molecule has 3 nitrogen and oxygen atoms in total. The summed E-state index contributed by atoms with van der Waals surface area (Å²) in [4.78, 5) is 12.3. The number of aryl methyl sites for hydroxylation is 1. The van der Waals surface area contributed by atoms with E-state index < -0.39 is 5.82 Å². The van der Waals surface area contributed by atoms with Crippen LogP contribution in [0.25, 0.3) is 0 Å². The number of rotatable bonds is 4. The Bertz CT molecular complexity index is 595. The molecule has 19 heavy (non-hydrogen) atoms. The summed E-state index contributed by atoms with van der Waals surface area (Å²) in [5, 5.41) is 0.581. The highest BCUT2D eigenvalue weighted by molar-refractivity contribution is 7.99. The third-order valence-corrected chi connectivity index (χ3v) is 4.06. The lowest BCUT2D eigenvalue weighted by atomic mass is 10.3. The fraction of sp³-hybridized carbons (Fsp3) is 0.250. The molecule has 0 unspecified atom stereocenters. The zero-order chi connectivity index (χ0) is 13.8. The lowest BCUT2D eigenvalue weighted by Gasteiger charge is -2.04. The number of nitrogens with zero attached hydrogens (tertiary/aromatic N) is 3. The number of pyridine rings is 1. The summed E-state index contributed by atoms with van der Waals surface area (Å²) in [5.41, 5.74) is 2.08. The van der Waals surface area contributed by atoms with Crippen LogP contribution in [-0.4, -0.2) is 21.2 Å². The van der Waals surface area contributed by atoms with Crippen LogP contribution < -0.4 is 0 Å². The average molecular weight is 316 g/mol. The number of hydrogen-bond donors (Lipinski definition) is 0. The maximum absolute atomic E-state index is 13.5. The summed E-state index contributed by atoms with van der Waals surface area (Å²) >= 11 is 8.33. The van der Waals surface area contributed by atoms with Gasteiger partial charge >= 0.3 is 0 Å². The van der Waals surface area contributed by atoms with Crippen molar-refractivity contribution >= 4 is 35.1 Å². The summed E-state index contributed by atoms with van der Waals surface area (Å²) < 4.78 is 13.5. The van der Waals surface area contributed by atoms with E-state index in [1.165, 1.54) is 23.5 Å². The molecule has 2 aromatic heterocycles. The largest absolute Gasteiger partial charge is 0.260 e. The van der Waals surface area contributed by atoms with Gasteiger partial charge in [0.2, 0.25) is 0 Å². The van der Waals surface area contributed by atoms with Crippen LogP contribution in [0.4, 0.5) is 4.39 Å². The maximum atomic E-state index is 13.5. The Morgan fingerprint density at radius 2 is 2.16 bits per heavy atom. The summed E-state index contributed by atoms with van der Waals surface area (Å²) in [5.74, 6) is 0.0597. The average Bonchev–Trinajstić information content (AvgIpc) is 2.40. The lowest BCUT2D eigenvalue weighted by Crippen LogP contribution is -1.96. The predicted octanol–water partition coefficient (Wildman–Crippen LogP) is 3.99. The molecule has 0 radical (unpaired) electrons. The highest BCUT2D eigenvalue weighted by Gasteiger charge is 2.12. The van der Waals surface area contributed by atoms with E-state index in [1.54, 1.807) is 12.5 Å². The Hall–Kier alpha value is -0.850. The Morgan fingerprint density at radius 1 is 1.37 bits per heavy atom. The van der Waals surface area contributed by atoms with Gasteiger partial charge < -0.3 is 0 Å². The Labute approximate surface area is 124 Å². The predicted molar refractivity (Wildman–Crippen MR) is 77.3 cm³/mol. The minimum absolute atomic E-state index is 0.140. The van der Waals surface area contributed by atoms with E-state index in [4.69, 9.17) is 11.6 Å². The van der Waals surface area contributed by atoms with Gasteiger partial charge in [-0.15, -0.1) is 11.8 Å². The van der Waals surface area contributed by atoms with E-state index in [0.29, 0.717) is 10.9 Å². The fourth-order valence-corrected chi connectivity index (χ4v) is 2.93. The second-order valence-corrected chi connectivity index (χ2v) is 5.83. The van der Waals surface area contributed by atoms with Gasteiger partial charge in [0.25, 0.3) is 0 Å². The molecule has 0 amide bonds. The first-order valence-corrected chi connectivity index (χ1v) is 8.00. The van der Waals surface area contributed by atoms with Gasteiger partial charge in [-0.1, -0.05) is 23.4 Å². The van der Waals surface area contributed by atoms with Crippen molar-refractivity contribution in [2.24, 2.45) is 0 Å². The Kier molecular flexibility index (Phi) is 5.01. The molecule has 100 valence electrons. The van der Waals surface area contributed by atoms with Gasteiger partial charge in [0.15, 0.2) is 16.1 Å². The van der Waals surface area contributed by atoms with Crippen LogP contribution >= 0.6 is 35.1 Å². The van der Waals surface area contributed by atoms with Crippen molar-refractivity contribution in [2.75, 3.05) is 6.26 Å². The van der Waals surface area contributed by atoms with Crippen LogP contribution in [0.15, 0.2) is 28.5 Å². The van der Waals surface area contributed by atoms with Gasteiger partial charge in [0.1, 0.15) is 5.03 Å². The van der Waals surface area contributed by atoms with Crippen LogP contribution in [-0.2, 0) is 5.75 Å². The van der Waals surface area contributed by atoms with E-state index in [-0.39, 0.29) is 10.2 Å². The molecule has 0 spiro atoms. The third kappa shape index (κ3) is 3.81. The molecular formula is C12H11ClFN3S2. The van der Waals surface area contributed by atoms with Gasteiger partial charge in [-0.05, 0) is 30.9 Å². The molecule has 0 N–H and O–H groups in total. The van der Waals surface area contributed by atoms with Crippen LogP contribution in [0.5, 0.6) is 0 Å². The minimum Gasteiger partial charge on any atom is -0.260 e. The maximum Gasteiger partial charge on any atom is 0.192 e. The third-order valence-electron chi connectivity index (χ3n) is 2.27. The van der Waals surface area contributed by atoms with E-state index >= 15 is 0 Å². The van der Waals surface area contributed by atoms with Crippen molar-refractivity contribution in [3.8, 4) is 0 Å². The highest BCUT2D eigenvalue weighted by atomic mass is 35.5. The molecule has 0 atom stereocenters. The minimum atomic E-state index is -0.563. The summed E-state index contributed by atoms with van der Waals surface area (Å²) in [6.45, 7) is 2.01. The van der Waals surface area contributed by atoms with Crippen LogP contribution in [0.2, 0.25) is 5.15 Å². The summed E-state index contributed by atoms with van der Waals surface area (Å²) in [6, 6.07) is 3.93. The van der Waals surface area contributed by atoms with E-state index in [0.717, 1.165) is 11.3 Å². The molecule has 0 aliphatic heterocycles. The van der Waals surface area contributed by atoms with Gasteiger partial charge in [-0.25, -0.2) is 14.4 Å². The number of halogens is 2. The number of thioether (sulfide) groups is 2. The van der Waals surface area contributed by atoms with Crippen molar-refractivity contribution in [1.82, 2.24) is 15.0 Å². The van der Waals surface area contributed by atoms with Crippen molar-refractivity contribution in [3.05, 3.63) is 40.6 Å². The highest BCUT2D eigenvalue weighted by Crippen LogP contribution is 2.27. The van der Waals surface area contributed by atoms with E-state index in [2.05, 4.69) is 15.0 Å². The topological polar surface area (TPSA) is 38.7 Å². The van der Waals surface area contributed by atoms with E-state index in [1.807, 2.05) is 19.1 Å². The van der Waals surface area contributed by atoms with Gasteiger partial charge in [-0.2, -0.15) is 0 Å². The van der Waals surface area contributed by atoms with Gasteiger partial charge in [0, 0.05) is 11.9 Å². The molecule has 2 aromatic rings. The molecule has 0 aromatic carbocycles. The number of aromatic nitrogens is 3. The second kappa shape index (κ2) is 6.54. The van der Waals surface area contributed by atoms with Crippen molar-refractivity contribution in [1.29, 1.82) is 0 Å². The fourth-order valence-electron chi connectivity index (χ4n) is 1.40. The molecule has 0 saturated carbocycles. The van der Waals surface area contributed by atoms with Crippen LogP contribution in [0.1, 0.15) is 11.3 Å². The molecule has 7 heteroatoms. The Morgan fingerprint density at radius 3 is 2.84 bits per heavy atom. The zero-order valence-electron chi connectivity index (χ0n) is 10.4. The molecule has 0 saturated heterocycles. The molecule has 0 aliphatic rings. The molecule has 0 fully saturated rings. The first-order chi connectivity index (χ1) is 9.10. The van der Waals surface area contributed by atoms with Gasteiger partial charge in [0.05, 0.1) is 5.69 Å². The molecule has 0 aliphatic carbocycles. The molecule has 0 bridgehead atoms. The summed E-state index contributed by atoms with van der Waals surface area (Å²) in [7, 11) is 0.